The van der Waals surface area contributed by atoms with Crippen LogP contribution in [-0.2, 0) is 11.2 Å². The summed E-state index contributed by atoms with van der Waals surface area (Å²) in [6, 6.07) is 23.8. The van der Waals surface area contributed by atoms with E-state index in [1.807, 2.05) is 54.6 Å². The molecule has 30 heavy (non-hydrogen) atoms. The van der Waals surface area contributed by atoms with E-state index in [0.717, 1.165) is 30.6 Å². The van der Waals surface area contributed by atoms with Crippen LogP contribution in [0.3, 0.4) is 0 Å². The minimum absolute atomic E-state index is 0.106. The molecule has 0 saturated carbocycles. The number of carbonyl (C=O) groups excluding carboxylic acids is 2. The standard InChI is InChI=1S/C25H26N2O3/c1-2-3-7-19-10-14-22(15-11-19)27-25(29)20-12-16-23(17-13-20)30-18-24(28)26-21-8-5-4-6-9-21/h4-6,8-17H,2-3,7,18H2,1H3,(H,26,28)(H,27,29). The van der Waals surface area contributed by atoms with Crippen LogP contribution in [0.4, 0.5) is 11.4 Å². The lowest BCUT2D eigenvalue weighted by atomic mass is 10.1. The summed E-state index contributed by atoms with van der Waals surface area (Å²) in [5, 5.41) is 5.65. The molecule has 0 aliphatic carbocycles. The van der Waals surface area contributed by atoms with Crippen molar-refractivity contribution in [3.63, 3.8) is 0 Å². The van der Waals surface area contributed by atoms with Crippen molar-refractivity contribution in [1.29, 1.82) is 0 Å². The van der Waals surface area contributed by atoms with Gasteiger partial charge in [0.1, 0.15) is 5.75 Å². The van der Waals surface area contributed by atoms with E-state index >= 15 is 0 Å². The van der Waals surface area contributed by atoms with Gasteiger partial charge in [0, 0.05) is 16.9 Å². The van der Waals surface area contributed by atoms with E-state index in [0.29, 0.717) is 11.3 Å². The Labute approximate surface area is 177 Å². The second kappa shape index (κ2) is 10.8. The van der Waals surface area contributed by atoms with E-state index in [9.17, 15) is 9.59 Å². The highest BCUT2D eigenvalue weighted by molar-refractivity contribution is 6.04. The Hall–Kier alpha value is -3.60. The molecule has 2 amide bonds. The molecule has 3 aromatic rings. The van der Waals surface area contributed by atoms with Crippen LogP contribution in [0, 0.1) is 0 Å². The first kappa shape index (κ1) is 21.1. The van der Waals surface area contributed by atoms with Crippen LogP contribution in [-0.4, -0.2) is 18.4 Å². The van der Waals surface area contributed by atoms with Crippen LogP contribution < -0.4 is 15.4 Å². The van der Waals surface area contributed by atoms with E-state index in [1.165, 1.54) is 5.56 Å². The number of unbranched alkanes of at least 4 members (excludes halogenated alkanes) is 1. The Morgan fingerprint density at radius 1 is 0.800 bits per heavy atom. The molecule has 0 radical (unpaired) electrons. The Morgan fingerprint density at radius 2 is 1.47 bits per heavy atom. The monoisotopic (exact) mass is 402 g/mol. The van der Waals surface area contributed by atoms with Gasteiger partial charge in [-0.1, -0.05) is 43.7 Å². The predicted octanol–water partition coefficient (Wildman–Crippen LogP) is 5.30. The third-order valence-electron chi connectivity index (χ3n) is 4.57. The van der Waals surface area contributed by atoms with Crippen LogP contribution in [0.1, 0.15) is 35.7 Å². The van der Waals surface area contributed by atoms with Gasteiger partial charge in [-0.3, -0.25) is 9.59 Å². The summed E-state index contributed by atoms with van der Waals surface area (Å²) in [4.78, 5) is 24.4. The number of rotatable bonds is 9. The molecule has 0 aromatic heterocycles. The molecule has 0 fully saturated rings. The SMILES string of the molecule is CCCCc1ccc(NC(=O)c2ccc(OCC(=O)Nc3ccccc3)cc2)cc1. The Bertz CT molecular complexity index is 952. The molecule has 154 valence electrons. The van der Waals surface area contributed by atoms with Gasteiger partial charge in [0.2, 0.25) is 0 Å². The fraction of sp³-hybridized carbons (Fsp3) is 0.200. The molecular weight excluding hydrogens is 376 g/mol. The number of aryl methyl sites for hydroxylation is 1. The van der Waals surface area contributed by atoms with Crippen molar-refractivity contribution in [2.75, 3.05) is 17.2 Å². The maximum atomic E-state index is 12.4. The highest BCUT2D eigenvalue weighted by Crippen LogP contribution is 2.16. The summed E-state index contributed by atoms with van der Waals surface area (Å²) >= 11 is 0. The molecule has 0 unspecified atom stereocenters. The lowest BCUT2D eigenvalue weighted by Gasteiger charge is -2.09. The second-order valence-corrected chi connectivity index (χ2v) is 6.98. The topological polar surface area (TPSA) is 67.4 Å². The fourth-order valence-electron chi connectivity index (χ4n) is 2.91. The normalized spacial score (nSPS) is 10.3. The number of para-hydroxylation sites is 1. The Balaban J connectivity index is 1.48. The maximum Gasteiger partial charge on any atom is 0.262 e. The smallest absolute Gasteiger partial charge is 0.262 e. The van der Waals surface area contributed by atoms with E-state index in [1.54, 1.807) is 24.3 Å². The summed E-state index contributed by atoms with van der Waals surface area (Å²) in [7, 11) is 0. The van der Waals surface area contributed by atoms with Crippen molar-refractivity contribution in [3.05, 3.63) is 90.0 Å². The molecule has 5 heteroatoms. The van der Waals surface area contributed by atoms with Gasteiger partial charge < -0.3 is 15.4 Å². The molecule has 0 saturated heterocycles. The molecule has 2 N–H and O–H groups in total. The molecule has 3 rings (SSSR count). The summed E-state index contributed by atoms with van der Waals surface area (Å²) < 4.78 is 5.49. The fourth-order valence-corrected chi connectivity index (χ4v) is 2.91. The first-order valence-electron chi connectivity index (χ1n) is 10.1. The number of benzene rings is 3. The van der Waals surface area contributed by atoms with Gasteiger partial charge in [-0.05, 0) is 66.9 Å². The van der Waals surface area contributed by atoms with E-state index in [2.05, 4.69) is 17.6 Å². The van der Waals surface area contributed by atoms with Gasteiger partial charge in [-0.15, -0.1) is 0 Å². The number of carbonyl (C=O) groups is 2. The van der Waals surface area contributed by atoms with Crippen LogP contribution in [0.15, 0.2) is 78.9 Å². The van der Waals surface area contributed by atoms with E-state index in [-0.39, 0.29) is 18.4 Å². The average Bonchev–Trinajstić information content (AvgIpc) is 2.78. The van der Waals surface area contributed by atoms with Gasteiger partial charge in [-0.25, -0.2) is 0 Å². The second-order valence-electron chi connectivity index (χ2n) is 6.98. The van der Waals surface area contributed by atoms with Gasteiger partial charge >= 0.3 is 0 Å². The largest absolute Gasteiger partial charge is 0.484 e. The molecular formula is C25H26N2O3. The molecule has 0 bridgehead atoms. The predicted molar refractivity (Wildman–Crippen MR) is 120 cm³/mol. The van der Waals surface area contributed by atoms with Crippen molar-refractivity contribution in [1.82, 2.24) is 0 Å². The zero-order valence-electron chi connectivity index (χ0n) is 17.1. The Morgan fingerprint density at radius 3 is 2.13 bits per heavy atom. The average molecular weight is 402 g/mol. The van der Waals surface area contributed by atoms with Crippen LogP contribution in [0.5, 0.6) is 5.75 Å². The lowest BCUT2D eigenvalue weighted by Crippen LogP contribution is -2.20. The maximum absolute atomic E-state index is 12.4. The van der Waals surface area contributed by atoms with Gasteiger partial charge in [0.25, 0.3) is 11.8 Å². The van der Waals surface area contributed by atoms with Crippen LogP contribution in [0.25, 0.3) is 0 Å². The summed E-state index contributed by atoms with van der Waals surface area (Å²) in [5.41, 5.74) is 3.27. The molecule has 0 heterocycles. The van der Waals surface area contributed by atoms with Gasteiger partial charge in [0.15, 0.2) is 6.61 Å². The minimum Gasteiger partial charge on any atom is -0.484 e. The van der Waals surface area contributed by atoms with Gasteiger partial charge in [0.05, 0.1) is 0 Å². The van der Waals surface area contributed by atoms with Gasteiger partial charge in [-0.2, -0.15) is 0 Å². The number of hydrogen-bond acceptors (Lipinski definition) is 3. The molecule has 5 nitrogen and oxygen atoms in total. The number of hydrogen-bond donors (Lipinski definition) is 2. The zero-order valence-corrected chi connectivity index (χ0v) is 17.1. The minimum atomic E-state index is -0.245. The zero-order chi connectivity index (χ0) is 21.2. The number of nitrogens with one attached hydrogen (secondary N) is 2. The molecule has 3 aromatic carbocycles. The molecule has 0 aliphatic rings. The number of ether oxygens (including phenoxy) is 1. The molecule has 0 atom stereocenters. The number of anilines is 2. The summed E-state index contributed by atoms with van der Waals surface area (Å²) in [6.45, 7) is 2.06. The van der Waals surface area contributed by atoms with Crippen molar-refractivity contribution in [2.45, 2.75) is 26.2 Å². The third-order valence-corrected chi connectivity index (χ3v) is 4.57. The Kier molecular flexibility index (Phi) is 7.61. The quantitative estimate of drug-likeness (QED) is 0.510. The summed E-state index contributed by atoms with van der Waals surface area (Å²) in [5.74, 6) is 0.0881. The molecule has 0 spiro atoms. The first-order valence-corrected chi connectivity index (χ1v) is 10.1. The first-order chi connectivity index (χ1) is 14.6. The van der Waals surface area contributed by atoms with Crippen molar-refractivity contribution in [3.8, 4) is 5.75 Å². The van der Waals surface area contributed by atoms with E-state index in [4.69, 9.17) is 4.74 Å². The highest BCUT2D eigenvalue weighted by atomic mass is 16.5. The van der Waals surface area contributed by atoms with Crippen molar-refractivity contribution < 1.29 is 14.3 Å². The third kappa shape index (κ3) is 6.48. The summed E-state index contributed by atoms with van der Waals surface area (Å²) in [6.07, 6.45) is 3.37. The lowest BCUT2D eigenvalue weighted by molar-refractivity contribution is -0.118. The van der Waals surface area contributed by atoms with Crippen LogP contribution in [0.2, 0.25) is 0 Å². The van der Waals surface area contributed by atoms with Crippen molar-refractivity contribution >= 4 is 23.2 Å². The molecule has 0 aliphatic heterocycles. The highest BCUT2D eigenvalue weighted by Gasteiger charge is 2.08. The van der Waals surface area contributed by atoms with E-state index < -0.39 is 0 Å². The van der Waals surface area contributed by atoms with Crippen LogP contribution >= 0.6 is 0 Å². The number of amides is 2. The van der Waals surface area contributed by atoms with Crippen molar-refractivity contribution in [2.24, 2.45) is 0 Å².